The standard InChI is InChI=1S/C14H21BrN2O2S/c15-11-14(7-2-3-8-14)12-17-20(18,19)10-6-13-5-1-4-9-16-13/h1,4-5,9,17H,2-3,6-8,10-12H2. The summed E-state index contributed by atoms with van der Waals surface area (Å²) in [6.45, 7) is 0.544. The molecule has 0 radical (unpaired) electrons. The van der Waals surface area contributed by atoms with E-state index in [9.17, 15) is 8.42 Å². The number of halogens is 1. The second-order valence-corrected chi connectivity index (χ2v) is 8.04. The first-order valence-corrected chi connectivity index (χ1v) is 9.76. The lowest BCUT2D eigenvalue weighted by molar-refractivity contribution is 0.347. The van der Waals surface area contributed by atoms with Gasteiger partial charge >= 0.3 is 0 Å². The summed E-state index contributed by atoms with van der Waals surface area (Å²) in [7, 11) is -3.23. The smallest absolute Gasteiger partial charge is 0.211 e. The summed E-state index contributed by atoms with van der Waals surface area (Å²) in [5.74, 6) is 0.0996. The predicted octanol–water partition coefficient (Wildman–Crippen LogP) is 2.50. The molecule has 1 fully saturated rings. The Kier molecular flexibility index (Phi) is 5.57. The molecule has 2 rings (SSSR count). The van der Waals surface area contributed by atoms with E-state index in [1.807, 2.05) is 18.2 Å². The van der Waals surface area contributed by atoms with E-state index in [1.165, 1.54) is 12.8 Å². The molecule has 1 aromatic rings. The van der Waals surface area contributed by atoms with Gasteiger partial charge in [0, 0.05) is 30.2 Å². The number of aryl methyl sites for hydroxylation is 1. The third kappa shape index (κ3) is 4.53. The molecular formula is C14H21BrN2O2S. The summed E-state index contributed by atoms with van der Waals surface area (Å²) in [5, 5.41) is 0.864. The van der Waals surface area contributed by atoms with Gasteiger partial charge in [0.05, 0.1) is 5.75 Å². The van der Waals surface area contributed by atoms with Crippen molar-refractivity contribution in [3.63, 3.8) is 0 Å². The number of sulfonamides is 1. The zero-order valence-corrected chi connectivity index (χ0v) is 13.9. The monoisotopic (exact) mass is 360 g/mol. The highest BCUT2D eigenvalue weighted by Crippen LogP contribution is 2.39. The van der Waals surface area contributed by atoms with Gasteiger partial charge in [-0.05, 0) is 30.4 Å². The van der Waals surface area contributed by atoms with E-state index in [-0.39, 0.29) is 11.2 Å². The fraction of sp³-hybridized carbons (Fsp3) is 0.643. The van der Waals surface area contributed by atoms with Crippen LogP contribution in [-0.4, -0.2) is 31.0 Å². The van der Waals surface area contributed by atoms with Crippen LogP contribution < -0.4 is 4.72 Å². The molecule has 0 atom stereocenters. The zero-order valence-electron chi connectivity index (χ0n) is 11.5. The minimum Gasteiger partial charge on any atom is -0.261 e. The second kappa shape index (κ2) is 7.00. The molecule has 1 aliphatic rings. The molecule has 0 unspecified atom stereocenters. The van der Waals surface area contributed by atoms with Crippen molar-refractivity contribution in [3.05, 3.63) is 30.1 Å². The minimum absolute atomic E-state index is 0.0996. The topological polar surface area (TPSA) is 59.1 Å². The maximum atomic E-state index is 12.1. The van der Waals surface area contributed by atoms with Gasteiger partial charge in [-0.2, -0.15) is 0 Å². The molecule has 20 heavy (non-hydrogen) atoms. The van der Waals surface area contributed by atoms with Crippen LogP contribution >= 0.6 is 15.9 Å². The lowest BCUT2D eigenvalue weighted by atomic mass is 9.89. The number of hydrogen-bond acceptors (Lipinski definition) is 3. The van der Waals surface area contributed by atoms with Gasteiger partial charge < -0.3 is 0 Å². The highest BCUT2D eigenvalue weighted by atomic mass is 79.9. The SMILES string of the molecule is O=S(=O)(CCc1ccccn1)NCC1(CBr)CCCC1. The first-order valence-electron chi connectivity index (χ1n) is 6.99. The van der Waals surface area contributed by atoms with Crippen molar-refractivity contribution >= 4 is 26.0 Å². The summed E-state index contributed by atoms with van der Waals surface area (Å²) >= 11 is 3.53. The molecule has 0 spiro atoms. The molecule has 6 heteroatoms. The number of pyridine rings is 1. The first-order chi connectivity index (χ1) is 9.55. The van der Waals surface area contributed by atoms with E-state index in [4.69, 9.17) is 0 Å². The first kappa shape index (κ1) is 15.9. The van der Waals surface area contributed by atoms with E-state index < -0.39 is 10.0 Å². The summed E-state index contributed by atoms with van der Waals surface area (Å²) in [4.78, 5) is 4.15. The van der Waals surface area contributed by atoms with Crippen LogP contribution in [-0.2, 0) is 16.4 Å². The average Bonchev–Trinajstić information content (AvgIpc) is 2.94. The van der Waals surface area contributed by atoms with Crippen molar-refractivity contribution in [3.8, 4) is 0 Å². The van der Waals surface area contributed by atoms with Crippen LogP contribution in [0.3, 0.4) is 0 Å². The molecule has 0 saturated heterocycles. The number of hydrogen-bond donors (Lipinski definition) is 1. The molecular weight excluding hydrogens is 340 g/mol. The molecule has 1 N–H and O–H groups in total. The van der Waals surface area contributed by atoms with Crippen LogP contribution in [0.25, 0.3) is 0 Å². The Labute approximate surface area is 129 Å². The van der Waals surface area contributed by atoms with Gasteiger partial charge in [-0.3, -0.25) is 4.98 Å². The summed E-state index contributed by atoms with van der Waals surface area (Å²) in [6, 6.07) is 5.56. The normalized spacial score (nSPS) is 18.2. The summed E-state index contributed by atoms with van der Waals surface area (Å²) in [5.41, 5.74) is 0.923. The average molecular weight is 361 g/mol. The summed E-state index contributed by atoms with van der Waals surface area (Å²) in [6.07, 6.45) is 6.73. The molecule has 0 amide bonds. The maximum absolute atomic E-state index is 12.1. The Morgan fingerprint density at radius 2 is 2.05 bits per heavy atom. The van der Waals surface area contributed by atoms with E-state index >= 15 is 0 Å². The quantitative estimate of drug-likeness (QED) is 0.760. The Morgan fingerprint density at radius 3 is 2.65 bits per heavy atom. The van der Waals surface area contributed by atoms with E-state index in [0.717, 1.165) is 23.9 Å². The molecule has 112 valence electrons. The zero-order chi connectivity index (χ0) is 14.5. The fourth-order valence-electron chi connectivity index (χ4n) is 2.60. The molecule has 4 nitrogen and oxygen atoms in total. The summed E-state index contributed by atoms with van der Waals surface area (Å²) < 4.78 is 26.9. The number of rotatable bonds is 7. The molecule has 0 aliphatic heterocycles. The van der Waals surface area contributed by atoms with E-state index in [2.05, 4.69) is 25.6 Å². The molecule has 1 aromatic heterocycles. The van der Waals surface area contributed by atoms with Crippen molar-refractivity contribution in [2.75, 3.05) is 17.6 Å². The Hall–Kier alpha value is -0.460. The van der Waals surface area contributed by atoms with Gasteiger partial charge in [-0.15, -0.1) is 0 Å². The van der Waals surface area contributed by atoms with Crippen molar-refractivity contribution in [2.45, 2.75) is 32.1 Å². The Bertz CT molecular complexity index is 513. The van der Waals surface area contributed by atoms with Crippen LogP contribution in [0, 0.1) is 5.41 Å². The highest BCUT2D eigenvalue weighted by molar-refractivity contribution is 9.09. The predicted molar refractivity (Wildman–Crippen MR) is 84.4 cm³/mol. The van der Waals surface area contributed by atoms with Crippen molar-refractivity contribution in [1.82, 2.24) is 9.71 Å². The van der Waals surface area contributed by atoms with Gasteiger partial charge in [0.15, 0.2) is 0 Å². The lowest BCUT2D eigenvalue weighted by Gasteiger charge is -2.26. The highest BCUT2D eigenvalue weighted by Gasteiger charge is 2.33. The van der Waals surface area contributed by atoms with Crippen molar-refractivity contribution in [2.24, 2.45) is 5.41 Å². The third-order valence-corrected chi connectivity index (χ3v) is 6.48. The molecule has 1 aliphatic carbocycles. The van der Waals surface area contributed by atoms with Crippen LogP contribution in [0.1, 0.15) is 31.4 Å². The van der Waals surface area contributed by atoms with Gasteiger partial charge in [0.2, 0.25) is 10.0 Å². The number of nitrogens with zero attached hydrogens (tertiary/aromatic N) is 1. The Balaban J connectivity index is 1.85. The van der Waals surface area contributed by atoms with Crippen molar-refractivity contribution < 1.29 is 8.42 Å². The minimum atomic E-state index is -3.23. The second-order valence-electron chi connectivity index (χ2n) is 5.55. The van der Waals surface area contributed by atoms with E-state index in [0.29, 0.717) is 13.0 Å². The van der Waals surface area contributed by atoms with Crippen LogP contribution in [0.2, 0.25) is 0 Å². The molecule has 1 saturated carbocycles. The largest absolute Gasteiger partial charge is 0.261 e. The maximum Gasteiger partial charge on any atom is 0.211 e. The van der Waals surface area contributed by atoms with Crippen LogP contribution in [0.4, 0.5) is 0 Å². The van der Waals surface area contributed by atoms with Gasteiger partial charge in [0.1, 0.15) is 0 Å². The number of nitrogens with one attached hydrogen (secondary N) is 1. The van der Waals surface area contributed by atoms with Crippen LogP contribution in [0.5, 0.6) is 0 Å². The molecule has 1 heterocycles. The molecule has 0 bridgehead atoms. The fourth-order valence-corrected chi connectivity index (χ4v) is 4.51. The Morgan fingerprint density at radius 1 is 1.30 bits per heavy atom. The van der Waals surface area contributed by atoms with E-state index in [1.54, 1.807) is 6.20 Å². The number of alkyl halides is 1. The number of aromatic nitrogens is 1. The van der Waals surface area contributed by atoms with Crippen molar-refractivity contribution in [1.29, 1.82) is 0 Å². The van der Waals surface area contributed by atoms with Gasteiger partial charge in [-0.25, -0.2) is 13.1 Å². The van der Waals surface area contributed by atoms with Gasteiger partial charge in [-0.1, -0.05) is 34.8 Å². The lowest BCUT2D eigenvalue weighted by Crippen LogP contribution is -2.38. The van der Waals surface area contributed by atoms with Crippen LogP contribution in [0.15, 0.2) is 24.4 Å². The third-order valence-electron chi connectivity index (χ3n) is 3.97. The molecule has 0 aromatic carbocycles. The van der Waals surface area contributed by atoms with Gasteiger partial charge in [0.25, 0.3) is 0 Å².